The molecule has 0 spiro atoms. The Labute approximate surface area is 127 Å². The van der Waals surface area contributed by atoms with Crippen molar-refractivity contribution < 1.29 is 4.74 Å². The number of pyridine rings is 1. The van der Waals surface area contributed by atoms with Crippen molar-refractivity contribution in [2.75, 3.05) is 5.73 Å². The molecule has 0 saturated carbocycles. The maximum atomic E-state index is 5.94. The van der Waals surface area contributed by atoms with Gasteiger partial charge in [-0.3, -0.25) is 0 Å². The van der Waals surface area contributed by atoms with E-state index in [-0.39, 0.29) is 0 Å². The molecule has 0 aliphatic rings. The number of benzene rings is 1. The number of nitrogens with two attached hydrogens (primary N) is 1. The molecule has 2 heterocycles. The second-order valence-corrected chi connectivity index (χ2v) is 5.79. The first kappa shape index (κ1) is 13.8. The van der Waals surface area contributed by atoms with Gasteiger partial charge < -0.3 is 10.5 Å². The molecule has 0 aliphatic carbocycles. The summed E-state index contributed by atoms with van der Waals surface area (Å²) in [4.78, 5) is 9.46. The summed E-state index contributed by atoms with van der Waals surface area (Å²) in [5, 5.41) is 0.524. The van der Waals surface area contributed by atoms with E-state index in [1.807, 2.05) is 18.2 Å². The number of aryl methyl sites for hydroxylation is 2. The number of anilines is 1. The van der Waals surface area contributed by atoms with Gasteiger partial charge in [-0.15, -0.1) is 0 Å². The number of hydrogen-bond donors (Lipinski definition) is 1. The van der Waals surface area contributed by atoms with Gasteiger partial charge in [-0.05, 0) is 36.1 Å². The van der Waals surface area contributed by atoms with E-state index in [1.54, 1.807) is 0 Å². The van der Waals surface area contributed by atoms with Gasteiger partial charge >= 0.3 is 0 Å². The summed E-state index contributed by atoms with van der Waals surface area (Å²) < 4.78 is 5.94. The molecule has 2 aromatic heterocycles. The molecule has 1 aromatic carbocycles. The van der Waals surface area contributed by atoms with Crippen LogP contribution in [0.4, 0.5) is 5.13 Å². The van der Waals surface area contributed by atoms with Gasteiger partial charge in [-0.2, -0.15) is 0 Å². The normalized spacial score (nSPS) is 11.0. The zero-order valence-electron chi connectivity index (χ0n) is 12.1. The van der Waals surface area contributed by atoms with Crippen molar-refractivity contribution >= 4 is 26.8 Å². The fourth-order valence-corrected chi connectivity index (χ4v) is 2.91. The standard InChI is InChI=1S/C16H17N3OS/c1-3-10-5-7-13(11(4-2)9-10)20-14-8-6-12-15(19-14)21-16(17)18-12/h5-9H,3-4H2,1-2H3,(H2,17,18). The highest BCUT2D eigenvalue weighted by Gasteiger charge is 2.08. The van der Waals surface area contributed by atoms with Gasteiger partial charge in [0.15, 0.2) is 5.13 Å². The van der Waals surface area contributed by atoms with Crippen LogP contribution in [0.3, 0.4) is 0 Å². The average Bonchev–Trinajstić information content (AvgIpc) is 2.87. The van der Waals surface area contributed by atoms with Crippen LogP contribution in [0.15, 0.2) is 30.3 Å². The summed E-state index contributed by atoms with van der Waals surface area (Å²) in [6.45, 7) is 4.28. The Balaban J connectivity index is 1.93. The molecular formula is C16H17N3OS. The number of rotatable bonds is 4. The van der Waals surface area contributed by atoms with Crippen molar-refractivity contribution in [2.24, 2.45) is 0 Å². The van der Waals surface area contributed by atoms with Crippen molar-refractivity contribution in [1.82, 2.24) is 9.97 Å². The lowest BCUT2D eigenvalue weighted by Crippen LogP contribution is -1.94. The van der Waals surface area contributed by atoms with E-state index in [1.165, 1.54) is 22.5 Å². The molecule has 0 aliphatic heterocycles. The SMILES string of the molecule is CCc1ccc(Oc2ccc3nc(N)sc3n2)c(CC)c1. The molecule has 21 heavy (non-hydrogen) atoms. The Bertz CT molecular complexity index is 782. The highest BCUT2D eigenvalue weighted by atomic mass is 32.1. The lowest BCUT2D eigenvalue weighted by Gasteiger charge is -2.10. The largest absolute Gasteiger partial charge is 0.439 e. The van der Waals surface area contributed by atoms with Crippen molar-refractivity contribution in [2.45, 2.75) is 26.7 Å². The van der Waals surface area contributed by atoms with Gasteiger partial charge in [-0.25, -0.2) is 9.97 Å². The summed E-state index contributed by atoms with van der Waals surface area (Å²) in [5.41, 5.74) is 9.02. The highest BCUT2D eigenvalue weighted by molar-refractivity contribution is 7.21. The topological polar surface area (TPSA) is 61.0 Å². The maximum absolute atomic E-state index is 5.94. The van der Waals surface area contributed by atoms with Crippen molar-refractivity contribution in [1.29, 1.82) is 0 Å². The maximum Gasteiger partial charge on any atom is 0.220 e. The minimum atomic E-state index is 0.524. The van der Waals surface area contributed by atoms with Crippen LogP contribution in [-0.4, -0.2) is 9.97 Å². The number of hydrogen-bond acceptors (Lipinski definition) is 5. The first-order chi connectivity index (χ1) is 10.2. The van der Waals surface area contributed by atoms with Crippen LogP contribution < -0.4 is 10.5 Å². The predicted octanol–water partition coefficient (Wildman–Crippen LogP) is 4.19. The molecule has 3 rings (SSSR count). The first-order valence-corrected chi connectivity index (χ1v) is 7.84. The lowest BCUT2D eigenvalue weighted by molar-refractivity contribution is 0.459. The Morgan fingerprint density at radius 2 is 1.95 bits per heavy atom. The highest BCUT2D eigenvalue weighted by Crippen LogP contribution is 2.29. The molecule has 0 atom stereocenters. The molecule has 3 aromatic rings. The van der Waals surface area contributed by atoms with Gasteiger partial charge in [0.25, 0.3) is 0 Å². The summed E-state index contributed by atoms with van der Waals surface area (Å²) in [6, 6.07) is 10.0. The minimum Gasteiger partial charge on any atom is -0.439 e. The number of nitrogen functional groups attached to an aromatic ring is 1. The van der Waals surface area contributed by atoms with Crippen LogP contribution in [0, 0.1) is 0 Å². The van der Waals surface area contributed by atoms with Crippen molar-refractivity contribution in [3.8, 4) is 11.6 Å². The van der Waals surface area contributed by atoms with E-state index in [0.717, 1.165) is 28.9 Å². The molecule has 0 fully saturated rings. The third-order valence-electron chi connectivity index (χ3n) is 3.38. The third kappa shape index (κ3) is 2.83. The van der Waals surface area contributed by atoms with E-state index in [0.29, 0.717) is 11.0 Å². The third-order valence-corrected chi connectivity index (χ3v) is 4.17. The zero-order chi connectivity index (χ0) is 14.8. The predicted molar refractivity (Wildman–Crippen MR) is 87.1 cm³/mol. The average molecular weight is 299 g/mol. The molecule has 0 unspecified atom stereocenters. The number of aromatic nitrogens is 2. The van der Waals surface area contributed by atoms with Crippen LogP contribution in [0.5, 0.6) is 11.6 Å². The molecule has 2 N–H and O–H groups in total. The van der Waals surface area contributed by atoms with Gasteiger partial charge in [-0.1, -0.05) is 37.3 Å². The lowest BCUT2D eigenvalue weighted by atomic mass is 10.1. The summed E-state index contributed by atoms with van der Waals surface area (Å²) in [5.74, 6) is 1.43. The first-order valence-electron chi connectivity index (χ1n) is 7.02. The van der Waals surface area contributed by atoms with Crippen LogP contribution >= 0.6 is 11.3 Å². The van der Waals surface area contributed by atoms with E-state index in [9.17, 15) is 0 Å². The Hall–Kier alpha value is -2.14. The van der Waals surface area contributed by atoms with E-state index >= 15 is 0 Å². The monoisotopic (exact) mass is 299 g/mol. The van der Waals surface area contributed by atoms with Gasteiger partial charge in [0.05, 0.1) is 0 Å². The van der Waals surface area contributed by atoms with Crippen molar-refractivity contribution in [3.63, 3.8) is 0 Å². The number of thiazole rings is 1. The van der Waals surface area contributed by atoms with E-state index in [4.69, 9.17) is 10.5 Å². The number of fused-ring (bicyclic) bond motifs is 1. The molecule has 4 nitrogen and oxygen atoms in total. The second kappa shape index (κ2) is 5.69. The molecule has 108 valence electrons. The van der Waals surface area contributed by atoms with Gasteiger partial charge in [0.1, 0.15) is 16.1 Å². The van der Waals surface area contributed by atoms with E-state index < -0.39 is 0 Å². The van der Waals surface area contributed by atoms with Crippen LogP contribution in [-0.2, 0) is 12.8 Å². The second-order valence-electron chi connectivity index (χ2n) is 4.78. The molecule has 0 amide bonds. The zero-order valence-corrected chi connectivity index (χ0v) is 12.9. The Morgan fingerprint density at radius 3 is 2.71 bits per heavy atom. The van der Waals surface area contributed by atoms with Crippen LogP contribution in [0.25, 0.3) is 10.3 Å². The molecule has 0 saturated heterocycles. The van der Waals surface area contributed by atoms with Gasteiger partial charge in [0.2, 0.25) is 5.88 Å². The Kier molecular flexibility index (Phi) is 3.75. The van der Waals surface area contributed by atoms with Crippen LogP contribution in [0.1, 0.15) is 25.0 Å². The molecule has 0 radical (unpaired) electrons. The Morgan fingerprint density at radius 1 is 1.10 bits per heavy atom. The quantitative estimate of drug-likeness (QED) is 0.784. The van der Waals surface area contributed by atoms with Gasteiger partial charge in [0, 0.05) is 6.07 Å². The van der Waals surface area contributed by atoms with E-state index in [2.05, 4.69) is 35.9 Å². The summed E-state index contributed by atoms with van der Waals surface area (Å²) >= 11 is 1.37. The fraction of sp³-hybridized carbons (Fsp3) is 0.250. The van der Waals surface area contributed by atoms with Crippen LogP contribution in [0.2, 0.25) is 0 Å². The smallest absolute Gasteiger partial charge is 0.220 e. The summed E-state index contributed by atoms with van der Waals surface area (Å²) in [6.07, 6.45) is 1.95. The molecule has 5 heteroatoms. The number of ether oxygens (including phenoxy) is 1. The van der Waals surface area contributed by atoms with Crippen molar-refractivity contribution in [3.05, 3.63) is 41.5 Å². The molecule has 0 bridgehead atoms. The summed E-state index contributed by atoms with van der Waals surface area (Å²) in [7, 11) is 0. The number of nitrogens with zero attached hydrogens (tertiary/aromatic N) is 2. The molecular weight excluding hydrogens is 282 g/mol. The fourth-order valence-electron chi connectivity index (χ4n) is 2.21. The minimum absolute atomic E-state index is 0.524.